The third-order valence-corrected chi connectivity index (χ3v) is 12.1. The maximum absolute atomic E-state index is 15.2. The number of likely N-dealkylation sites (tertiary alicyclic amines) is 1. The molecule has 2 saturated carbocycles. The molecule has 2 aromatic carbocycles. The Balaban J connectivity index is 1.42. The number of carbonyl (C=O) groups excluding carboxylic acids is 4. The number of imide groups is 2. The molecule has 15 heteroatoms. The first-order chi connectivity index (χ1) is 22.7. The first-order valence-electron chi connectivity index (χ1n) is 15.4. The van der Waals surface area contributed by atoms with Gasteiger partial charge >= 0.3 is 0 Å². The summed E-state index contributed by atoms with van der Waals surface area (Å²) in [4.78, 5) is 52.2. The Kier molecular flexibility index (Phi) is 7.63. The highest BCUT2D eigenvalue weighted by molar-refractivity contribution is 6.58. The van der Waals surface area contributed by atoms with E-state index in [2.05, 4.69) is 0 Å². The molecular weight excluding hydrogens is 686 g/mol. The number of allylic oxidation sites excluding steroid dienone is 2. The number of ether oxygens (including phenoxy) is 1. The lowest BCUT2D eigenvalue weighted by atomic mass is 9.56. The molecule has 5 aliphatic rings. The first-order valence-corrected chi connectivity index (χ1v) is 16.2. The second-order valence-corrected chi connectivity index (χ2v) is 14.2. The molecule has 0 spiro atoms. The molecule has 6 unspecified atom stereocenters. The van der Waals surface area contributed by atoms with Crippen LogP contribution < -0.4 is 9.64 Å². The van der Waals surface area contributed by atoms with Gasteiger partial charge in [-0.3, -0.25) is 24.1 Å². The number of fused-ring (bicyclic) bond motifs is 4. The molecule has 2 aliphatic heterocycles. The Hall–Kier alpha value is -3.71. The van der Waals surface area contributed by atoms with E-state index in [4.69, 9.17) is 27.9 Å². The van der Waals surface area contributed by atoms with Crippen LogP contribution in [-0.2, 0) is 19.2 Å². The highest BCUT2D eigenvalue weighted by Crippen LogP contribution is 2.66. The molecule has 254 valence electrons. The van der Waals surface area contributed by atoms with E-state index in [1.54, 1.807) is 6.08 Å². The molecule has 0 bridgehead atoms. The Bertz CT molecular complexity index is 1820. The summed E-state index contributed by atoms with van der Waals surface area (Å²) in [7, 11) is 1.28. The lowest BCUT2D eigenvalue weighted by Gasteiger charge is -2.50. The number of amides is 4. The molecular formula is C33H27Cl2F5N2O6. The Morgan fingerprint density at radius 2 is 1.48 bits per heavy atom. The molecule has 0 aromatic heterocycles. The number of halogens is 7. The minimum atomic E-state index is -2.67. The zero-order chi connectivity index (χ0) is 34.6. The van der Waals surface area contributed by atoms with Crippen LogP contribution in [0.15, 0.2) is 29.8 Å². The number of anilines is 1. The number of benzene rings is 2. The number of hydrogen-bond acceptors (Lipinski definition) is 6. The minimum absolute atomic E-state index is 0.0149. The number of methoxy groups -OCH3 is 1. The third kappa shape index (κ3) is 4.12. The number of carbonyl (C=O) groups is 4. The average Bonchev–Trinajstić information content (AvgIpc) is 3.41. The third-order valence-electron chi connectivity index (χ3n) is 10.7. The van der Waals surface area contributed by atoms with Crippen molar-refractivity contribution < 1.29 is 51.0 Å². The van der Waals surface area contributed by atoms with Gasteiger partial charge in [-0.25, -0.2) is 26.9 Å². The van der Waals surface area contributed by atoms with Crippen molar-refractivity contribution in [3.8, 4) is 11.5 Å². The fourth-order valence-electron chi connectivity index (χ4n) is 8.55. The number of nitrogens with zero attached hydrogens (tertiary/aromatic N) is 2. The van der Waals surface area contributed by atoms with Gasteiger partial charge in [0, 0.05) is 12.0 Å². The van der Waals surface area contributed by atoms with Crippen LogP contribution in [0, 0.1) is 46.8 Å². The maximum atomic E-state index is 15.2. The predicted molar refractivity (Wildman–Crippen MR) is 160 cm³/mol. The molecule has 2 aromatic rings. The van der Waals surface area contributed by atoms with Crippen molar-refractivity contribution in [3.63, 3.8) is 0 Å². The lowest BCUT2D eigenvalue weighted by Crippen LogP contribution is -2.60. The lowest BCUT2D eigenvalue weighted by molar-refractivity contribution is -0.143. The number of alkyl halides is 2. The molecule has 6 atom stereocenters. The first kappa shape index (κ1) is 32.8. The van der Waals surface area contributed by atoms with Crippen molar-refractivity contribution in [1.82, 2.24) is 4.90 Å². The zero-order valence-corrected chi connectivity index (χ0v) is 26.7. The van der Waals surface area contributed by atoms with Crippen LogP contribution in [0.1, 0.15) is 56.4 Å². The summed E-state index contributed by atoms with van der Waals surface area (Å²) in [6.07, 6.45) is 4.96. The van der Waals surface area contributed by atoms with Crippen molar-refractivity contribution in [3.05, 3.63) is 64.5 Å². The second-order valence-electron chi connectivity index (χ2n) is 13.0. The molecule has 0 radical (unpaired) electrons. The van der Waals surface area contributed by atoms with Gasteiger partial charge < -0.3 is 9.84 Å². The van der Waals surface area contributed by atoms with Gasteiger partial charge in [-0.2, -0.15) is 0 Å². The van der Waals surface area contributed by atoms with Gasteiger partial charge in [-0.05, 0) is 49.3 Å². The molecule has 1 N–H and O–H groups in total. The van der Waals surface area contributed by atoms with E-state index in [-0.39, 0.29) is 34.6 Å². The zero-order valence-electron chi connectivity index (χ0n) is 25.2. The van der Waals surface area contributed by atoms with Gasteiger partial charge in [-0.15, -0.1) is 23.2 Å². The number of phenolic OH excluding ortho intramolecular Hbond substituents is 1. The van der Waals surface area contributed by atoms with Gasteiger partial charge in [-0.1, -0.05) is 37.0 Å². The number of aromatic hydroxyl groups is 1. The molecule has 3 aliphatic carbocycles. The van der Waals surface area contributed by atoms with Crippen molar-refractivity contribution in [2.24, 2.45) is 17.8 Å². The summed E-state index contributed by atoms with van der Waals surface area (Å²) >= 11 is 14.2. The van der Waals surface area contributed by atoms with Crippen LogP contribution >= 0.6 is 23.2 Å². The van der Waals surface area contributed by atoms with Crippen LogP contribution in [0.4, 0.5) is 27.6 Å². The van der Waals surface area contributed by atoms with E-state index in [1.807, 2.05) is 0 Å². The Morgan fingerprint density at radius 3 is 2.08 bits per heavy atom. The van der Waals surface area contributed by atoms with E-state index in [0.717, 1.165) is 19.3 Å². The fraction of sp³-hybridized carbons (Fsp3) is 0.455. The van der Waals surface area contributed by atoms with E-state index in [1.165, 1.54) is 30.2 Å². The smallest absolute Gasteiger partial charge is 0.258 e. The van der Waals surface area contributed by atoms with E-state index >= 15 is 8.78 Å². The SMILES string of the molecule is COc1ccc(C2C3=CCC4C(=O)N(C5CCCCC5)C(=O)C4C3CC3(Cl)C(=O)N(c4c(F)c(F)c(F)c(F)c4F)C(=O)C23Cl)cc1O. The predicted octanol–water partition coefficient (Wildman–Crippen LogP) is 5.99. The molecule has 7 rings (SSSR count). The maximum Gasteiger partial charge on any atom is 0.258 e. The van der Waals surface area contributed by atoms with Gasteiger partial charge in [0.2, 0.25) is 17.6 Å². The molecule has 8 nitrogen and oxygen atoms in total. The highest BCUT2D eigenvalue weighted by Gasteiger charge is 2.77. The average molecular weight is 713 g/mol. The van der Waals surface area contributed by atoms with Crippen LogP contribution in [0.2, 0.25) is 0 Å². The molecule has 2 heterocycles. The van der Waals surface area contributed by atoms with Gasteiger partial charge in [0.1, 0.15) is 5.69 Å². The Labute approximate surface area is 280 Å². The van der Waals surface area contributed by atoms with E-state index in [0.29, 0.717) is 18.4 Å². The molecule has 48 heavy (non-hydrogen) atoms. The standard InChI is InChI=1S/C33H27Cl2F5N2O6/c1-48-19-10-7-13(11-18(19)43)21-15-8-9-16-20(29(45)41(28(16)44)14-5-3-2-4-6-14)17(15)12-32(34)30(46)42(31(47)33(21,32)35)27-25(39)23(37)22(36)24(38)26(27)40/h7-8,10-11,14,16-17,20-21,43H,2-6,9,12H2,1H3. The largest absolute Gasteiger partial charge is 0.504 e. The second kappa shape index (κ2) is 11.2. The normalized spacial score (nSPS) is 32.0. The number of hydrogen-bond donors (Lipinski definition) is 1. The van der Waals surface area contributed by atoms with Crippen LogP contribution in [0.3, 0.4) is 0 Å². The molecule has 2 saturated heterocycles. The van der Waals surface area contributed by atoms with Crippen molar-refractivity contribution in [1.29, 1.82) is 0 Å². The van der Waals surface area contributed by atoms with Gasteiger partial charge in [0.25, 0.3) is 11.8 Å². The van der Waals surface area contributed by atoms with Crippen molar-refractivity contribution >= 4 is 52.5 Å². The summed E-state index contributed by atoms with van der Waals surface area (Å²) in [5.74, 6) is -21.0. The summed E-state index contributed by atoms with van der Waals surface area (Å²) in [6, 6.07) is 3.58. The minimum Gasteiger partial charge on any atom is -0.504 e. The van der Waals surface area contributed by atoms with Crippen LogP contribution in [0.25, 0.3) is 0 Å². The van der Waals surface area contributed by atoms with Crippen molar-refractivity contribution in [2.45, 2.75) is 66.7 Å². The molecule has 4 fully saturated rings. The van der Waals surface area contributed by atoms with Crippen LogP contribution in [0.5, 0.6) is 11.5 Å². The summed E-state index contributed by atoms with van der Waals surface area (Å²) < 4.78 is 78.2. The van der Waals surface area contributed by atoms with E-state index < -0.39 is 98.1 Å². The topological polar surface area (TPSA) is 104 Å². The van der Waals surface area contributed by atoms with Gasteiger partial charge in [0.15, 0.2) is 44.5 Å². The summed E-state index contributed by atoms with van der Waals surface area (Å²) in [5, 5.41) is 10.7. The Morgan fingerprint density at radius 1 is 0.854 bits per heavy atom. The highest BCUT2D eigenvalue weighted by atomic mass is 35.5. The number of rotatable bonds is 4. The van der Waals surface area contributed by atoms with Crippen molar-refractivity contribution in [2.75, 3.05) is 12.0 Å². The van der Waals surface area contributed by atoms with Gasteiger partial charge in [0.05, 0.1) is 18.9 Å². The quantitative estimate of drug-likeness (QED) is 0.104. The van der Waals surface area contributed by atoms with E-state index in [9.17, 15) is 37.5 Å². The van der Waals surface area contributed by atoms with Crippen LogP contribution in [-0.4, -0.2) is 56.5 Å². The molecule has 4 amide bonds. The summed E-state index contributed by atoms with van der Waals surface area (Å²) in [5.41, 5.74) is -1.47. The number of phenols is 1. The monoisotopic (exact) mass is 712 g/mol. The summed E-state index contributed by atoms with van der Waals surface area (Å²) in [6.45, 7) is 0. The fourth-order valence-corrected chi connectivity index (χ4v) is 9.49.